The molecule has 1 aromatic rings. The van der Waals surface area contributed by atoms with Crippen molar-refractivity contribution in [3.05, 3.63) is 35.4 Å². The molecular formula is C14H15F2NO3. The van der Waals surface area contributed by atoms with Crippen LogP contribution in [-0.2, 0) is 16.0 Å². The second-order valence-electron chi connectivity index (χ2n) is 4.87. The fourth-order valence-electron chi connectivity index (χ4n) is 2.32. The number of carbonyl (C=O) groups excluding carboxylic acids is 1. The van der Waals surface area contributed by atoms with Gasteiger partial charge in [-0.1, -0.05) is 6.07 Å². The molecule has 0 spiro atoms. The quantitative estimate of drug-likeness (QED) is 0.865. The van der Waals surface area contributed by atoms with E-state index in [1.165, 1.54) is 6.07 Å². The Morgan fingerprint density at radius 3 is 2.30 bits per heavy atom. The highest BCUT2D eigenvalue weighted by Crippen LogP contribution is 2.34. The molecule has 0 saturated heterocycles. The highest BCUT2D eigenvalue weighted by atomic mass is 19.1. The largest absolute Gasteiger partial charge is 0.481 e. The van der Waals surface area contributed by atoms with Crippen molar-refractivity contribution in [3.63, 3.8) is 0 Å². The molecule has 2 atom stereocenters. The van der Waals surface area contributed by atoms with Gasteiger partial charge in [0.15, 0.2) is 0 Å². The fraction of sp³-hybridized carbons (Fsp3) is 0.429. The summed E-state index contributed by atoms with van der Waals surface area (Å²) in [7, 11) is 0. The van der Waals surface area contributed by atoms with Crippen LogP contribution in [0.3, 0.4) is 0 Å². The average Bonchev–Trinajstić information content (AvgIpc) is 2.30. The lowest BCUT2D eigenvalue weighted by Crippen LogP contribution is -2.44. The van der Waals surface area contributed by atoms with Crippen molar-refractivity contribution in [1.82, 2.24) is 5.32 Å². The summed E-state index contributed by atoms with van der Waals surface area (Å²) < 4.78 is 26.7. The lowest BCUT2D eigenvalue weighted by molar-refractivity contribution is -0.152. The summed E-state index contributed by atoms with van der Waals surface area (Å²) in [6, 6.07) is 3.60. The molecule has 1 saturated carbocycles. The zero-order valence-electron chi connectivity index (χ0n) is 10.7. The van der Waals surface area contributed by atoms with E-state index in [0.717, 1.165) is 12.1 Å². The van der Waals surface area contributed by atoms with Gasteiger partial charge >= 0.3 is 5.97 Å². The first-order chi connectivity index (χ1) is 9.50. The summed E-state index contributed by atoms with van der Waals surface area (Å²) in [5, 5.41) is 11.4. The third kappa shape index (κ3) is 2.95. The SMILES string of the molecule is O=C(O)C1CCC1C(=O)NCCc1c(F)cccc1F. The highest BCUT2D eigenvalue weighted by molar-refractivity contribution is 5.86. The number of amides is 1. The standard InChI is InChI=1S/C14H15F2NO3/c15-11-2-1-3-12(16)10(11)6-7-17-13(18)8-4-5-9(8)14(19)20/h1-3,8-9H,4-7H2,(H,17,18)(H,19,20). The topological polar surface area (TPSA) is 66.4 Å². The van der Waals surface area contributed by atoms with Crippen molar-refractivity contribution in [2.45, 2.75) is 19.3 Å². The van der Waals surface area contributed by atoms with Crippen molar-refractivity contribution < 1.29 is 23.5 Å². The zero-order valence-corrected chi connectivity index (χ0v) is 10.7. The Morgan fingerprint density at radius 2 is 1.80 bits per heavy atom. The first kappa shape index (κ1) is 14.4. The minimum absolute atomic E-state index is 0.0364. The summed E-state index contributed by atoms with van der Waals surface area (Å²) >= 11 is 0. The van der Waals surface area contributed by atoms with Gasteiger partial charge in [0.1, 0.15) is 11.6 Å². The Labute approximate surface area is 114 Å². The first-order valence-electron chi connectivity index (χ1n) is 6.44. The van der Waals surface area contributed by atoms with Crippen LogP contribution >= 0.6 is 0 Å². The molecule has 2 rings (SSSR count). The Morgan fingerprint density at radius 1 is 1.20 bits per heavy atom. The third-order valence-electron chi connectivity index (χ3n) is 3.66. The van der Waals surface area contributed by atoms with E-state index in [2.05, 4.69) is 5.32 Å². The fourth-order valence-corrected chi connectivity index (χ4v) is 2.32. The minimum atomic E-state index is -0.975. The number of hydrogen-bond donors (Lipinski definition) is 2. The maximum Gasteiger partial charge on any atom is 0.307 e. The predicted molar refractivity (Wildman–Crippen MR) is 66.9 cm³/mol. The third-order valence-corrected chi connectivity index (χ3v) is 3.66. The molecule has 4 nitrogen and oxygen atoms in total. The molecule has 0 heterocycles. The van der Waals surface area contributed by atoms with Crippen LogP contribution < -0.4 is 5.32 Å². The molecule has 1 fully saturated rings. The van der Waals surface area contributed by atoms with Crippen LogP contribution in [0.4, 0.5) is 8.78 Å². The Balaban J connectivity index is 1.84. The van der Waals surface area contributed by atoms with E-state index in [1.54, 1.807) is 0 Å². The zero-order chi connectivity index (χ0) is 14.7. The number of hydrogen-bond acceptors (Lipinski definition) is 2. The number of aliphatic carboxylic acids is 1. The maximum absolute atomic E-state index is 13.3. The lowest BCUT2D eigenvalue weighted by Gasteiger charge is -2.31. The van der Waals surface area contributed by atoms with Gasteiger partial charge in [-0.3, -0.25) is 9.59 Å². The van der Waals surface area contributed by atoms with Crippen LogP contribution in [0.1, 0.15) is 18.4 Å². The van der Waals surface area contributed by atoms with E-state index in [0.29, 0.717) is 12.8 Å². The number of benzene rings is 1. The van der Waals surface area contributed by atoms with Crippen LogP contribution in [0.25, 0.3) is 0 Å². The summed E-state index contributed by atoms with van der Waals surface area (Å²) in [6.45, 7) is 0.0829. The molecule has 1 aliphatic carbocycles. The molecule has 0 aliphatic heterocycles. The molecule has 20 heavy (non-hydrogen) atoms. The van der Waals surface area contributed by atoms with Crippen LogP contribution in [0.2, 0.25) is 0 Å². The van der Waals surface area contributed by atoms with Crippen molar-refractivity contribution in [2.75, 3.05) is 6.54 Å². The summed E-state index contributed by atoms with van der Waals surface area (Å²) in [5.41, 5.74) is -0.0730. The van der Waals surface area contributed by atoms with Gasteiger partial charge in [0.2, 0.25) is 5.91 Å². The molecular weight excluding hydrogens is 268 g/mol. The van der Waals surface area contributed by atoms with Gasteiger partial charge in [-0.2, -0.15) is 0 Å². The van der Waals surface area contributed by atoms with Crippen LogP contribution in [0.15, 0.2) is 18.2 Å². The molecule has 6 heteroatoms. The first-order valence-corrected chi connectivity index (χ1v) is 6.44. The van der Waals surface area contributed by atoms with Crippen molar-refractivity contribution in [3.8, 4) is 0 Å². The second-order valence-corrected chi connectivity index (χ2v) is 4.87. The maximum atomic E-state index is 13.3. The smallest absolute Gasteiger partial charge is 0.307 e. The number of carbonyl (C=O) groups is 2. The molecule has 108 valence electrons. The molecule has 0 bridgehead atoms. The van der Waals surface area contributed by atoms with Crippen LogP contribution in [0, 0.1) is 23.5 Å². The molecule has 1 amide bonds. The number of carboxylic acids is 1. The van der Waals surface area contributed by atoms with E-state index in [9.17, 15) is 18.4 Å². The van der Waals surface area contributed by atoms with Crippen molar-refractivity contribution >= 4 is 11.9 Å². The van der Waals surface area contributed by atoms with Gasteiger partial charge in [0.25, 0.3) is 0 Å². The summed E-state index contributed by atoms with van der Waals surface area (Å²) in [6.07, 6.45) is 1.07. The van der Waals surface area contributed by atoms with Gasteiger partial charge in [-0.05, 0) is 31.4 Å². The molecule has 1 aliphatic rings. The molecule has 2 unspecified atom stereocenters. The van der Waals surface area contributed by atoms with Gasteiger partial charge in [-0.15, -0.1) is 0 Å². The number of nitrogens with one attached hydrogen (secondary N) is 1. The molecule has 1 aromatic carbocycles. The Bertz CT molecular complexity index is 513. The summed E-state index contributed by atoms with van der Waals surface area (Å²) in [5.74, 6) is -3.80. The number of rotatable bonds is 5. The predicted octanol–water partition coefficient (Wildman–Crippen LogP) is 1.73. The van der Waals surface area contributed by atoms with Crippen LogP contribution in [0.5, 0.6) is 0 Å². The Hall–Kier alpha value is -1.98. The normalized spacial score (nSPS) is 21.1. The molecule has 0 radical (unpaired) electrons. The number of halogens is 2. The Kier molecular flexibility index (Phi) is 4.32. The van der Waals surface area contributed by atoms with Crippen molar-refractivity contribution in [1.29, 1.82) is 0 Å². The van der Waals surface area contributed by atoms with Crippen LogP contribution in [-0.4, -0.2) is 23.5 Å². The average molecular weight is 283 g/mol. The van der Waals surface area contributed by atoms with Gasteiger partial charge < -0.3 is 10.4 Å². The van der Waals surface area contributed by atoms with E-state index >= 15 is 0 Å². The highest BCUT2D eigenvalue weighted by Gasteiger charge is 2.41. The number of carboxylic acid groups (broad SMARTS) is 1. The summed E-state index contributed by atoms with van der Waals surface area (Å²) in [4.78, 5) is 22.5. The van der Waals surface area contributed by atoms with E-state index < -0.39 is 29.4 Å². The lowest BCUT2D eigenvalue weighted by atomic mass is 9.73. The minimum Gasteiger partial charge on any atom is -0.481 e. The second kappa shape index (κ2) is 5.98. The molecule has 2 N–H and O–H groups in total. The van der Waals surface area contributed by atoms with Gasteiger partial charge in [0, 0.05) is 12.1 Å². The van der Waals surface area contributed by atoms with Gasteiger partial charge in [-0.25, -0.2) is 8.78 Å². The van der Waals surface area contributed by atoms with E-state index in [-0.39, 0.29) is 24.4 Å². The van der Waals surface area contributed by atoms with E-state index in [4.69, 9.17) is 5.11 Å². The van der Waals surface area contributed by atoms with Gasteiger partial charge in [0.05, 0.1) is 11.8 Å². The molecule has 0 aromatic heterocycles. The van der Waals surface area contributed by atoms with E-state index in [1.807, 2.05) is 0 Å². The van der Waals surface area contributed by atoms with Crippen molar-refractivity contribution in [2.24, 2.45) is 11.8 Å². The monoisotopic (exact) mass is 283 g/mol.